The van der Waals surface area contributed by atoms with Crippen LogP contribution in [0.25, 0.3) is 0 Å². The van der Waals surface area contributed by atoms with Gasteiger partial charge in [0.2, 0.25) is 0 Å². The van der Waals surface area contributed by atoms with Gasteiger partial charge in [-0.05, 0) is 26.2 Å². The highest BCUT2D eigenvalue weighted by atomic mass is 32.2. The van der Waals surface area contributed by atoms with Crippen LogP contribution in [0.3, 0.4) is 0 Å². The van der Waals surface area contributed by atoms with E-state index in [-0.39, 0.29) is 0 Å². The van der Waals surface area contributed by atoms with E-state index in [2.05, 4.69) is 19.0 Å². The zero-order valence-corrected chi connectivity index (χ0v) is 14.5. The van der Waals surface area contributed by atoms with Gasteiger partial charge in [-0.15, -0.1) is 0 Å². The first-order valence-corrected chi connectivity index (χ1v) is 8.98. The monoisotopic (exact) mass is 344 g/mol. The number of nitrogens with zero attached hydrogens (tertiary/aromatic N) is 3. The molecule has 0 aromatic carbocycles. The van der Waals surface area contributed by atoms with Crippen LogP contribution in [-0.2, 0) is 12.3 Å². The zero-order valence-electron chi connectivity index (χ0n) is 12.9. The summed E-state index contributed by atoms with van der Waals surface area (Å²) >= 11 is 0.191. The fourth-order valence-electron chi connectivity index (χ4n) is 1.80. The second-order valence-corrected chi connectivity index (χ2v) is 6.79. The molecule has 0 aliphatic rings. The highest BCUT2D eigenvalue weighted by molar-refractivity contribution is 7.98. The number of ether oxygens (including phenoxy) is 1. The molecular formula is C13H20N4O3S2. The summed E-state index contributed by atoms with van der Waals surface area (Å²) in [5.74, 6) is 4.38. The number of nitrogens with one attached hydrogen (secondary N) is 1. The van der Waals surface area contributed by atoms with Gasteiger partial charge in [-0.25, -0.2) is 0 Å². The third kappa shape index (κ3) is 5.16. The first-order chi connectivity index (χ1) is 10.6. The van der Waals surface area contributed by atoms with Crippen LogP contribution in [0.4, 0.5) is 5.82 Å². The lowest BCUT2D eigenvalue weighted by Gasteiger charge is -2.05. The summed E-state index contributed by atoms with van der Waals surface area (Å²) in [6.45, 7) is 1.50. The second-order valence-electron chi connectivity index (χ2n) is 4.86. The smallest absolute Gasteiger partial charge is 0.317 e. The Morgan fingerprint density at radius 2 is 2.14 bits per heavy atom. The molecule has 22 heavy (non-hydrogen) atoms. The Kier molecular flexibility index (Phi) is 6.49. The van der Waals surface area contributed by atoms with Gasteiger partial charge < -0.3 is 23.9 Å². The van der Waals surface area contributed by atoms with Crippen molar-refractivity contribution in [2.24, 2.45) is 0 Å². The molecule has 2 heterocycles. The van der Waals surface area contributed by atoms with Crippen molar-refractivity contribution in [2.45, 2.75) is 12.3 Å². The standard InChI is InChI=1S/C13H20N4O3S2/c1-17(2)8-10-4-5-11(20-10)9-21-7-6-14-12-13(19-3)16-22(18)15-12/h4-5H,6-9H2,1-3H3,(H,14,15). The van der Waals surface area contributed by atoms with Gasteiger partial charge >= 0.3 is 5.88 Å². The van der Waals surface area contributed by atoms with Gasteiger partial charge in [0.1, 0.15) is 11.5 Å². The Morgan fingerprint density at radius 1 is 1.36 bits per heavy atom. The number of methoxy groups -OCH3 is 1. The van der Waals surface area contributed by atoms with Gasteiger partial charge in [-0.3, -0.25) is 0 Å². The number of rotatable bonds is 9. The number of aromatic nitrogens is 2. The molecule has 0 fully saturated rings. The van der Waals surface area contributed by atoms with E-state index in [1.807, 2.05) is 26.2 Å². The van der Waals surface area contributed by atoms with Gasteiger partial charge in [0.05, 0.1) is 19.4 Å². The number of hydrogen-bond acceptors (Lipinski definition) is 8. The van der Waals surface area contributed by atoms with Crippen molar-refractivity contribution in [1.82, 2.24) is 13.6 Å². The van der Waals surface area contributed by atoms with Crippen molar-refractivity contribution in [3.05, 3.63) is 23.7 Å². The summed E-state index contributed by atoms with van der Waals surface area (Å²) < 4.78 is 29.5. The number of anilines is 1. The van der Waals surface area contributed by atoms with Crippen molar-refractivity contribution < 1.29 is 13.7 Å². The molecule has 0 spiro atoms. The minimum absolute atomic E-state index is 0.294. The Morgan fingerprint density at radius 3 is 2.86 bits per heavy atom. The quantitative estimate of drug-likeness (QED) is 0.547. The largest absolute Gasteiger partial charge is 0.546 e. The number of furan rings is 1. The van der Waals surface area contributed by atoms with Crippen molar-refractivity contribution in [3.8, 4) is 5.88 Å². The van der Waals surface area contributed by atoms with Gasteiger partial charge in [-0.2, -0.15) is 11.8 Å². The molecule has 1 atom stereocenters. The molecular weight excluding hydrogens is 324 g/mol. The van der Waals surface area contributed by atoms with E-state index in [0.29, 0.717) is 18.2 Å². The molecule has 0 amide bonds. The van der Waals surface area contributed by atoms with Gasteiger partial charge in [0, 0.05) is 21.0 Å². The van der Waals surface area contributed by atoms with Crippen molar-refractivity contribution >= 4 is 28.7 Å². The Balaban J connectivity index is 1.67. The average Bonchev–Trinajstić information content (AvgIpc) is 3.04. The highest BCUT2D eigenvalue weighted by Gasteiger charge is 2.15. The van der Waals surface area contributed by atoms with E-state index in [9.17, 15) is 4.55 Å². The first-order valence-electron chi connectivity index (χ1n) is 6.76. The lowest BCUT2D eigenvalue weighted by atomic mass is 10.4. The number of hydrogen-bond donors (Lipinski definition) is 1. The normalized spacial score (nSPS) is 12.0. The third-order valence-corrected chi connectivity index (χ3v) is 4.34. The van der Waals surface area contributed by atoms with Crippen LogP contribution in [0, 0.1) is 0 Å². The van der Waals surface area contributed by atoms with Crippen LogP contribution >= 0.6 is 22.9 Å². The molecule has 0 aliphatic carbocycles. The molecule has 2 aromatic heterocycles. The van der Waals surface area contributed by atoms with Gasteiger partial charge in [-0.1, -0.05) is 0 Å². The van der Waals surface area contributed by atoms with E-state index >= 15 is 0 Å². The number of thioether (sulfide) groups is 1. The maximum absolute atomic E-state index is 11.2. The summed E-state index contributed by atoms with van der Waals surface area (Å²) in [6, 6.07) is 4.02. The summed E-state index contributed by atoms with van der Waals surface area (Å²) in [5, 5.41) is 3.07. The van der Waals surface area contributed by atoms with E-state index in [4.69, 9.17) is 9.15 Å². The molecule has 2 rings (SSSR count). The summed E-state index contributed by atoms with van der Waals surface area (Å²) in [5.41, 5.74) is 0. The maximum atomic E-state index is 11.2. The summed E-state index contributed by atoms with van der Waals surface area (Å²) in [6.07, 6.45) is 0. The lowest BCUT2D eigenvalue weighted by molar-refractivity contribution is 0.344. The summed E-state index contributed by atoms with van der Waals surface area (Å²) in [4.78, 5) is 2.07. The third-order valence-electron chi connectivity index (χ3n) is 2.70. The van der Waals surface area contributed by atoms with Crippen molar-refractivity contribution in [3.63, 3.8) is 0 Å². The van der Waals surface area contributed by atoms with Crippen LogP contribution in [0.1, 0.15) is 11.5 Å². The molecule has 2 aromatic rings. The van der Waals surface area contributed by atoms with Gasteiger partial charge in [0.15, 0.2) is 11.1 Å². The Bertz CT molecular complexity index is 586. The van der Waals surface area contributed by atoms with E-state index < -0.39 is 11.1 Å². The minimum atomic E-state index is -1.56. The summed E-state index contributed by atoms with van der Waals surface area (Å²) in [7, 11) is 5.51. The molecule has 0 aliphatic heterocycles. The van der Waals surface area contributed by atoms with Crippen LogP contribution in [0.5, 0.6) is 5.88 Å². The highest BCUT2D eigenvalue weighted by Crippen LogP contribution is 2.24. The fraction of sp³-hybridized carbons (Fsp3) is 0.538. The van der Waals surface area contributed by atoms with E-state index in [1.54, 1.807) is 11.8 Å². The van der Waals surface area contributed by atoms with E-state index in [1.165, 1.54) is 7.11 Å². The molecule has 1 N–H and O–H groups in total. The van der Waals surface area contributed by atoms with E-state index in [0.717, 1.165) is 29.6 Å². The molecule has 0 saturated heterocycles. The topological polar surface area (TPSA) is 86.5 Å². The molecule has 7 nitrogen and oxygen atoms in total. The second kappa shape index (κ2) is 8.37. The minimum Gasteiger partial charge on any atom is -0.546 e. The molecule has 122 valence electrons. The molecule has 9 heteroatoms. The molecule has 0 radical (unpaired) electrons. The predicted molar refractivity (Wildman–Crippen MR) is 88.0 cm³/mol. The van der Waals surface area contributed by atoms with Crippen LogP contribution in [-0.4, -0.2) is 51.7 Å². The molecule has 0 bridgehead atoms. The first kappa shape index (κ1) is 17.1. The maximum Gasteiger partial charge on any atom is 0.317 e. The fourth-order valence-corrected chi connectivity index (χ4v) is 3.19. The SMILES string of the molecule is COc1n[s+]([O-])nc1NCCSCc1ccc(CN(C)C)o1. The van der Waals surface area contributed by atoms with Gasteiger partial charge in [0.25, 0.3) is 5.82 Å². The Labute approximate surface area is 137 Å². The average molecular weight is 344 g/mol. The van der Waals surface area contributed by atoms with Crippen LogP contribution < -0.4 is 10.1 Å². The Hall–Kier alpha value is -1.29. The van der Waals surface area contributed by atoms with Crippen molar-refractivity contribution in [1.29, 1.82) is 0 Å². The van der Waals surface area contributed by atoms with Crippen LogP contribution in [0.2, 0.25) is 0 Å². The molecule has 1 unspecified atom stereocenters. The molecule has 0 saturated carbocycles. The van der Waals surface area contributed by atoms with Crippen LogP contribution in [0.15, 0.2) is 16.5 Å². The lowest BCUT2D eigenvalue weighted by Crippen LogP contribution is -2.09. The predicted octanol–water partition coefficient (Wildman–Crippen LogP) is 2.21. The van der Waals surface area contributed by atoms with Crippen molar-refractivity contribution in [2.75, 3.05) is 38.8 Å². The zero-order chi connectivity index (χ0) is 15.9.